The second-order valence-electron chi connectivity index (χ2n) is 6.83. The van der Waals surface area contributed by atoms with Crippen LogP contribution in [0.15, 0.2) is 61.1 Å². The molecule has 150 valence electrons. The van der Waals surface area contributed by atoms with Crippen LogP contribution in [0.2, 0.25) is 0 Å². The van der Waals surface area contributed by atoms with Gasteiger partial charge in [-0.05, 0) is 61.2 Å². The van der Waals surface area contributed by atoms with Gasteiger partial charge >= 0.3 is 6.03 Å². The van der Waals surface area contributed by atoms with Crippen LogP contribution in [0.3, 0.4) is 0 Å². The smallest absolute Gasteiger partial charge is 0.323 e. The summed E-state index contributed by atoms with van der Waals surface area (Å²) in [5, 5.41) is 9.68. The highest BCUT2D eigenvalue weighted by Crippen LogP contribution is 2.20. The topological polar surface area (TPSA) is 90.3 Å². The quantitative estimate of drug-likeness (QED) is 0.666. The number of hydrogen-bond donors (Lipinski definition) is 2. The molecule has 0 saturated carbocycles. The summed E-state index contributed by atoms with van der Waals surface area (Å²) in [5.74, 6) is 2.01. The van der Waals surface area contributed by atoms with Crippen LogP contribution in [0, 0.1) is 5.92 Å². The minimum atomic E-state index is -0.338. The zero-order valence-corrected chi connectivity index (χ0v) is 16.0. The summed E-state index contributed by atoms with van der Waals surface area (Å²) in [4.78, 5) is 16.5. The third kappa shape index (κ3) is 5.32. The molecule has 2 N–H and O–H groups in total. The number of hydrogen-bond acceptors (Lipinski definition) is 5. The number of nitrogens with one attached hydrogen (secondary N) is 2. The average Bonchev–Trinajstić information content (AvgIpc) is 3.29. The van der Waals surface area contributed by atoms with E-state index in [0.29, 0.717) is 29.7 Å². The summed E-state index contributed by atoms with van der Waals surface area (Å²) in [6, 6.07) is 12.4. The molecule has 8 nitrogen and oxygen atoms in total. The molecule has 1 aliphatic heterocycles. The fourth-order valence-electron chi connectivity index (χ4n) is 3.05. The molecule has 0 spiro atoms. The number of carbonyl (C=O) groups excluding carboxylic acids is 1. The SMILES string of the molecule is O=C(Nc1ccc(OCC2CCOCC2)cc1)Nc1ccc(-n2cccn2)nc1. The van der Waals surface area contributed by atoms with E-state index in [0.717, 1.165) is 31.8 Å². The lowest BCUT2D eigenvalue weighted by atomic mass is 10.0. The van der Waals surface area contributed by atoms with Crippen molar-refractivity contribution in [2.24, 2.45) is 5.92 Å². The van der Waals surface area contributed by atoms with Crippen molar-refractivity contribution in [3.8, 4) is 11.6 Å². The highest BCUT2D eigenvalue weighted by atomic mass is 16.5. The third-order valence-corrected chi connectivity index (χ3v) is 4.68. The van der Waals surface area contributed by atoms with Gasteiger partial charge in [-0.2, -0.15) is 5.10 Å². The van der Waals surface area contributed by atoms with E-state index in [1.165, 1.54) is 0 Å². The first-order valence-electron chi connectivity index (χ1n) is 9.61. The summed E-state index contributed by atoms with van der Waals surface area (Å²) in [5.41, 5.74) is 1.27. The number of aromatic nitrogens is 3. The first-order chi connectivity index (χ1) is 14.3. The molecule has 0 aliphatic carbocycles. The molecular weight excluding hydrogens is 370 g/mol. The lowest BCUT2D eigenvalue weighted by Crippen LogP contribution is -2.21. The van der Waals surface area contributed by atoms with E-state index < -0.39 is 0 Å². The number of anilines is 2. The maximum atomic E-state index is 12.2. The Morgan fingerprint density at radius 3 is 2.55 bits per heavy atom. The van der Waals surface area contributed by atoms with Crippen LogP contribution in [0.5, 0.6) is 5.75 Å². The molecule has 29 heavy (non-hydrogen) atoms. The van der Waals surface area contributed by atoms with E-state index in [1.54, 1.807) is 35.4 Å². The Bertz CT molecular complexity index is 905. The number of urea groups is 1. The molecule has 8 heteroatoms. The Kier molecular flexibility index (Phi) is 6.01. The highest BCUT2D eigenvalue weighted by molar-refractivity contribution is 5.99. The molecule has 0 bridgehead atoms. The third-order valence-electron chi connectivity index (χ3n) is 4.68. The van der Waals surface area contributed by atoms with E-state index >= 15 is 0 Å². The Balaban J connectivity index is 1.26. The van der Waals surface area contributed by atoms with Crippen LogP contribution in [0.25, 0.3) is 5.82 Å². The van der Waals surface area contributed by atoms with E-state index in [-0.39, 0.29) is 6.03 Å². The molecule has 2 amide bonds. The number of pyridine rings is 1. The van der Waals surface area contributed by atoms with Crippen molar-refractivity contribution in [1.82, 2.24) is 14.8 Å². The minimum Gasteiger partial charge on any atom is -0.493 e. The van der Waals surface area contributed by atoms with Crippen molar-refractivity contribution in [3.63, 3.8) is 0 Å². The predicted molar refractivity (Wildman–Crippen MR) is 109 cm³/mol. The Labute approximate surface area is 168 Å². The zero-order valence-electron chi connectivity index (χ0n) is 16.0. The van der Waals surface area contributed by atoms with Crippen LogP contribution < -0.4 is 15.4 Å². The van der Waals surface area contributed by atoms with E-state index in [4.69, 9.17) is 9.47 Å². The van der Waals surface area contributed by atoms with Crippen LogP contribution in [-0.4, -0.2) is 40.6 Å². The molecule has 0 unspecified atom stereocenters. The summed E-state index contributed by atoms with van der Waals surface area (Å²) in [7, 11) is 0. The molecule has 1 aromatic carbocycles. The van der Waals surface area contributed by atoms with E-state index in [9.17, 15) is 4.79 Å². The van der Waals surface area contributed by atoms with Gasteiger partial charge in [-0.3, -0.25) is 0 Å². The molecule has 1 fully saturated rings. The first-order valence-corrected chi connectivity index (χ1v) is 9.61. The Morgan fingerprint density at radius 1 is 1.10 bits per heavy atom. The van der Waals surface area contributed by atoms with Gasteiger partial charge in [0.25, 0.3) is 0 Å². The second-order valence-corrected chi connectivity index (χ2v) is 6.83. The highest BCUT2D eigenvalue weighted by Gasteiger charge is 2.14. The van der Waals surface area contributed by atoms with Crippen LogP contribution in [0.4, 0.5) is 16.2 Å². The number of nitrogens with zero attached hydrogens (tertiary/aromatic N) is 3. The molecule has 3 aromatic rings. The van der Waals surface area contributed by atoms with E-state index in [1.807, 2.05) is 30.3 Å². The molecule has 0 atom stereocenters. The van der Waals surface area contributed by atoms with Crippen molar-refractivity contribution >= 4 is 17.4 Å². The molecule has 0 radical (unpaired) electrons. The lowest BCUT2D eigenvalue weighted by Gasteiger charge is -2.22. The van der Waals surface area contributed by atoms with E-state index in [2.05, 4.69) is 20.7 Å². The van der Waals surface area contributed by atoms with Gasteiger partial charge in [0.15, 0.2) is 5.82 Å². The minimum absolute atomic E-state index is 0.338. The lowest BCUT2D eigenvalue weighted by molar-refractivity contribution is 0.0497. The fourth-order valence-corrected chi connectivity index (χ4v) is 3.05. The Morgan fingerprint density at radius 2 is 1.86 bits per heavy atom. The van der Waals surface area contributed by atoms with Crippen molar-refractivity contribution in [2.75, 3.05) is 30.5 Å². The van der Waals surface area contributed by atoms with Crippen molar-refractivity contribution in [1.29, 1.82) is 0 Å². The molecule has 3 heterocycles. The van der Waals surface area contributed by atoms with Crippen molar-refractivity contribution in [2.45, 2.75) is 12.8 Å². The van der Waals surface area contributed by atoms with Gasteiger partial charge < -0.3 is 20.1 Å². The number of ether oxygens (including phenoxy) is 2. The number of benzene rings is 1. The summed E-state index contributed by atoms with van der Waals surface area (Å²) < 4.78 is 12.9. The largest absolute Gasteiger partial charge is 0.493 e. The van der Waals surface area contributed by atoms with Crippen LogP contribution >= 0.6 is 0 Å². The summed E-state index contributed by atoms with van der Waals surface area (Å²) >= 11 is 0. The standard InChI is InChI=1S/C21H23N5O3/c27-21(25-18-4-7-20(22-14-18)26-11-1-10-23-26)24-17-2-5-19(6-3-17)29-15-16-8-12-28-13-9-16/h1-7,10-11,14,16H,8-9,12-13,15H2,(H2,24,25,27). The first kappa shape index (κ1) is 18.9. The van der Waals surface area contributed by atoms with Gasteiger partial charge in [-0.25, -0.2) is 14.5 Å². The van der Waals surface area contributed by atoms with Gasteiger partial charge in [-0.15, -0.1) is 0 Å². The Hall–Kier alpha value is -3.39. The molecule has 1 aliphatic rings. The van der Waals surface area contributed by atoms with Gasteiger partial charge in [0, 0.05) is 31.3 Å². The molecule has 1 saturated heterocycles. The monoisotopic (exact) mass is 393 g/mol. The van der Waals surface area contributed by atoms with Gasteiger partial charge in [0.1, 0.15) is 5.75 Å². The van der Waals surface area contributed by atoms with Crippen LogP contribution in [0.1, 0.15) is 12.8 Å². The number of carbonyl (C=O) groups is 1. The van der Waals surface area contributed by atoms with Crippen molar-refractivity contribution in [3.05, 3.63) is 61.1 Å². The second kappa shape index (κ2) is 9.20. The van der Waals surface area contributed by atoms with Crippen molar-refractivity contribution < 1.29 is 14.3 Å². The van der Waals surface area contributed by atoms with Crippen LogP contribution in [-0.2, 0) is 4.74 Å². The molecular formula is C21H23N5O3. The maximum absolute atomic E-state index is 12.2. The molecule has 2 aromatic heterocycles. The fraction of sp³-hybridized carbons (Fsp3) is 0.286. The van der Waals surface area contributed by atoms with Gasteiger partial charge in [-0.1, -0.05) is 0 Å². The number of amides is 2. The molecule has 4 rings (SSSR count). The predicted octanol–water partition coefficient (Wildman–Crippen LogP) is 3.72. The normalized spacial score (nSPS) is 14.3. The van der Waals surface area contributed by atoms with Gasteiger partial charge in [0.2, 0.25) is 0 Å². The van der Waals surface area contributed by atoms with Gasteiger partial charge in [0.05, 0.1) is 18.5 Å². The average molecular weight is 393 g/mol. The number of rotatable bonds is 6. The maximum Gasteiger partial charge on any atom is 0.323 e. The zero-order chi connectivity index (χ0) is 19.9. The summed E-state index contributed by atoms with van der Waals surface area (Å²) in [6.07, 6.45) is 7.15. The summed E-state index contributed by atoms with van der Waals surface area (Å²) in [6.45, 7) is 2.32.